The minimum atomic E-state index is -0.814. The van der Waals surface area contributed by atoms with Gasteiger partial charge in [-0.3, -0.25) is 4.79 Å². The van der Waals surface area contributed by atoms with E-state index >= 15 is 0 Å². The van der Waals surface area contributed by atoms with E-state index in [0.29, 0.717) is 5.56 Å². The van der Waals surface area contributed by atoms with Crippen LogP contribution in [0.25, 0.3) is 0 Å². The molecule has 0 heterocycles. The minimum absolute atomic E-state index is 0.0409. The van der Waals surface area contributed by atoms with Crippen molar-refractivity contribution in [1.29, 1.82) is 0 Å². The van der Waals surface area contributed by atoms with Gasteiger partial charge in [0, 0.05) is 17.8 Å². The van der Waals surface area contributed by atoms with Crippen LogP contribution in [0.3, 0.4) is 0 Å². The third-order valence-electron chi connectivity index (χ3n) is 2.82. The maximum Gasteiger partial charge on any atom is 0.251 e. The first kappa shape index (κ1) is 14.0. The molecule has 0 saturated carbocycles. The van der Waals surface area contributed by atoms with Gasteiger partial charge in [-0.05, 0) is 23.8 Å². The van der Waals surface area contributed by atoms with Crippen LogP contribution in [0.4, 0.5) is 10.1 Å². The number of anilines is 1. The number of nitrogen functional groups attached to an aromatic ring is 1. The molecule has 2 rings (SSSR count). The number of nitrogens with two attached hydrogens (primary N) is 1. The van der Waals surface area contributed by atoms with Crippen molar-refractivity contribution in [2.75, 3.05) is 12.3 Å². The molecule has 0 bridgehead atoms. The number of benzene rings is 2. The summed E-state index contributed by atoms with van der Waals surface area (Å²) in [6.45, 7) is 0.0409. The number of rotatable bonds is 4. The highest BCUT2D eigenvalue weighted by molar-refractivity contribution is 5.95. The first-order chi connectivity index (χ1) is 9.56. The van der Waals surface area contributed by atoms with Gasteiger partial charge in [0.25, 0.3) is 5.91 Å². The van der Waals surface area contributed by atoms with Gasteiger partial charge in [-0.2, -0.15) is 0 Å². The van der Waals surface area contributed by atoms with Crippen LogP contribution < -0.4 is 11.1 Å². The molecule has 2 aromatic carbocycles. The predicted molar refractivity (Wildman–Crippen MR) is 74.5 cm³/mol. The van der Waals surface area contributed by atoms with E-state index in [1.165, 1.54) is 6.07 Å². The normalized spacial score (nSPS) is 11.9. The largest absolute Gasteiger partial charge is 0.399 e. The van der Waals surface area contributed by atoms with Crippen LogP contribution in [0.15, 0.2) is 48.5 Å². The van der Waals surface area contributed by atoms with Crippen LogP contribution in [-0.4, -0.2) is 17.6 Å². The monoisotopic (exact) mass is 274 g/mol. The summed E-state index contributed by atoms with van der Waals surface area (Å²) in [4.78, 5) is 11.8. The van der Waals surface area contributed by atoms with E-state index in [1.54, 1.807) is 24.3 Å². The van der Waals surface area contributed by atoms with Gasteiger partial charge in [0.2, 0.25) is 0 Å². The van der Waals surface area contributed by atoms with Crippen molar-refractivity contribution in [3.05, 3.63) is 65.5 Å². The second kappa shape index (κ2) is 6.16. The maximum atomic E-state index is 13.1. The van der Waals surface area contributed by atoms with E-state index in [9.17, 15) is 14.3 Å². The van der Waals surface area contributed by atoms with Gasteiger partial charge >= 0.3 is 0 Å². The van der Waals surface area contributed by atoms with Crippen molar-refractivity contribution in [3.63, 3.8) is 0 Å². The minimum Gasteiger partial charge on any atom is -0.399 e. The number of halogens is 1. The smallest absolute Gasteiger partial charge is 0.251 e. The Labute approximate surface area is 116 Å². The van der Waals surface area contributed by atoms with Crippen LogP contribution in [0.1, 0.15) is 22.0 Å². The summed E-state index contributed by atoms with van der Waals surface area (Å²) in [5.41, 5.74) is 6.48. The molecule has 4 nitrogen and oxygen atoms in total. The van der Waals surface area contributed by atoms with Crippen LogP contribution >= 0.6 is 0 Å². The number of carbonyl (C=O) groups excluding carboxylic acids is 1. The molecular weight excluding hydrogens is 259 g/mol. The van der Waals surface area contributed by atoms with Crippen LogP contribution in [0.5, 0.6) is 0 Å². The highest BCUT2D eigenvalue weighted by atomic mass is 19.1. The lowest BCUT2D eigenvalue weighted by Gasteiger charge is -2.12. The van der Waals surface area contributed by atoms with Crippen LogP contribution in [-0.2, 0) is 0 Å². The van der Waals surface area contributed by atoms with Crippen LogP contribution in [0, 0.1) is 5.82 Å². The molecule has 4 N–H and O–H groups in total. The Morgan fingerprint density at radius 3 is 2.60 bits per heavy atom. The molecule has 1 atom stereocenters. The van der Waals surface area contributed by atoms with E-state index in [0.717, 1.165) is 12.1 Å². The van der Waals surface area contributed by atoms with Gasteiger partial charge < -0.3 is 16.2 Å². The zero-order valence-corrected chi connectivity index (χ0v) is 10.7. The lowest BCUT2D eigenvalue weighted by atomic mass is 10.1. The lowest BCUT2D eigenvalue weighted by molar-refractivity contribution is 0.0916. The standard InChI is InChI=1S/C15H15FN2O2/c16-12-6-11(7-13(17)8-12)15(20)18-9-14(19)10-4-2-1-3-5-10/h1-8,14,19H,9,17H2,(H,18,20). The maximum absolute atomic E-state index is 13.1. The summed E-state index contributed by atoms with van der Waals surface area (Å²) in [7, 11) is 0. The van der Waals surface area contributed by atoms with Crippen molar-refractivity contribution >= 4 is 11.6 Å². The number of amides is 1. The van der Waals surface area contributed by atoms with Gasteiger partial charge in [-0.25, -0.2) is 4.39 Å². The summed E-state index contributed by atoms with van der Waals surface area (Å²) in [5.74, 6) is -1.05. The number of aliphatic hydroxyl groups excluding tert-OH is 1. The molecule has 0 saturated heterocycles. The Balaban J connectivity index is 1.98. The molecule has 0 fully saturated rings. The van der Waals surface area contributed by atoms with E-state index in [4.69, 9.17) is 5.73 Å². The predicted octanol–water partition coefficient (Wildman–Crippen LogP) is 1.87. The number of carbonyl (C=O) groups is 1. The summed E-state index contributed by atoms with van der Waals surface area (Å²) >= 11 is 0. The van der Waals surface area contributed by atoms with Crippen molar-refractivity contribution in [3.8, 4) is 0 Å². The molecule has 0 spiro atoms. The van der Waals surface area contributed by atoms with Gasteiger partial charge in [-0.1, -0.05) is 30.3 Å². The summed E-state index contributed by atoms with van der Waals surface area (Å²) in [5, 5.41) is 12.5. The Bertz CT molecular complexity index is 582. The van der Waals surface area contributed by atoms with Gasteiger partial charge in [-0.15, -0.1) is 0 Å². The van der Waals surface area contributed by atoms with Gasteiger partial charge in [0.05, 0.1) is 6.10 Å². The van der Waals surface area contributed by atoms with Crippen molar-refractivity contribution in [2.24, 2.45) is 0 Å². The first-order valence-electron chi connectivity index (χ1n) is 6.13. The second-order valence-electron chi connectivity index (χ2n) is 4.41. The van der Waals surface area contributed by atoms with Crippen molar-refractivity contribution in [1.82, 2.24) is 5.32 Å². The third-order valence-corrected chi connectivity index (χ3v) is 2.82. The average Bonchev–Trinajstić information content (AvgIpc) is 2.44. The van der Waals surface area contributed by atoms with Gasteiger partial charge in [0.1, 0.15) is 5.82 Å². The van der Waals surface area contributed by atoms with Crippen molar-refractivity contribution in [2.45, 2.75) is 6.10 Å². The molecule has 104 valence electrons. The molecule has 1 unspecified atom stereocenters. The van der Waals surface area contributed by atoms with E-state index in [1.807, 2.05) is 6.07 Å². The fourth-order valence-electron chi connectivity index (χ4n) is 1.83. The van der Waals surface area contributed by atoms with Gasteiger partial charge in [0.15, 0.2) is 0 Å². The molecule has 0 radical (unpaired) electrons. The summed E-state index contributed by atoms with van der Waals surface area (Å²) in [6.07, 6.45) is -0.814. The zero-order valence-electron chi connectivity index (χ0n) is 10.7. The number of nitrogens with one attached hydrogen (secondary N) is 1. The number of hydrogen-bond donors (Lipinski definition) is 3. The van der Waals surface area contributed by atoms with Crippen molar-refractivity contribution < 1.29 is 14.3 Å². The van der Waals surface area contributed by atoms with E-state index < -0.39 is 17.8 Å². The highest BCUT2D eigenvalue weighted by Crippen LogP contribution is 2.13. The summed E-state index contributed by atoms with van der Waals surface area (Å²) < 4.78 is 13.1. The fourth-order valence-corrected chi connectivity index (χ4v) is 1.83. The summed E-state index contributed by atoms with van der Waals surface area (Å²) in [6, 6.07) is 12.6. The molecule has 2 aromatic rings. The fraction of sp³-hybridized carbons (Fsp3) is 0.133. The topological polar surface area (TPSA) is 75.4 Å². The van der Waals surface area contributed by atoms with E-state index in [-0.39, 0.29) is 17.8 Å². The molecule has 0 aliphatic heterocycles. The molecule has 5 heteroatoms. The van der Waals surface area contributed by atoms with Crippen LogP contribution in [0.2, 0.25) is 0 Å². The number of aliphatic hydroxyl groups is 1. The Morgan fingerprint density at radius 2 is 1.95 bits per heavy atom. The third kappa shape index (κ3) is 3.55. The Morgan fingerprint density at radius 1 is 1.25 bits per heavy atom. The van der Waals surface area contributed by atoms with E-state index in [2.05, 4.69) is 5.32 Å². The zero-order chi connectivity index (χ0) is 14.5. The highest BCUT2D eigenvalue weighted by Gasteiger charge is 2.11. The SMILES string of the molecule is Nc1cc(F)cc(C(=O)NCC(O)c2ccccc2)c1. The Kier molecular flexibility index (Phi) is 4.32. The molecule has 0 aliphatic carbocycles. The molecule has 1 amide bonds. The molecular formula is C15H15FN2O2. The lowest BCUT2D eigenvalue weighted by Crippen LogP contribution is -2.28. The Hall–Kier alpha value is -2.40. The average molecular weight is 274 g/mol. The molecule has 0 aromatic heterocycles. The molecule has 20 heavy (non-hydrogen) atoms. The second-order valence-corrected chi connectivity index (χ2v) is 4.41. The first-order valence-corrected chi connectivity index (χ1v) is 6.13. The molecule has 0 aliphatic rings. The quantitative estimate of drug-likeness (QED) is 0.745. The number of hydrogen-bond acceptors (Lipinski definition) is 3.